The fourth-order valence-corrected chi connectivity index (χ4v) is 3.07. The molecule has 1 heterocycles. The van der Waals surface area contributed by atoms with Crippen molar-refractivity contribution >= 4 is 15.7 Å². The zero-order valence-electron chi connectivity index (χ0n) is 11.1. The number of aryl methyl sites for hydroxylation is 1. The molecular weight excluding hydrogens is 262 g/mol. The van der Waals surface area contributed by atoms with Gasteiger partial charge >= 0.3 is 0 Å². The van der Waals surface area contributed by atoms with Crippen LogP contribution in [0.1, 0.15) is 11.1 Å². The number of nitriles is 1. The van der Waals surface area contributed by atoms with Crippen LogP contribution in [0.3, 0.4) is 0 Å². The van der Waals surface area contributed by atoms with Crippen molar-refractivity contribution in [3.63, 3.8) is 0 Å². The van der Waals surface area contributed by atoms with Gasteiger partial charge in [-0.1, -0.05) is 0 Å². The van der Waals surface area contributed by atoms with Gasteiger partial charge in [-0.25, -0.2) is 8.42 Å². The maximum absolute atomic E-state index is 11.4. The third-order valence-corrected chi connectivity index (χ3v) is 4.71. The van der Waals surface area contributed by atoms with E-state index in [9.17, 15) is 8.42 Å². The van der Waals surface area contributed by atoms with E-state index in [-0.39, 0.29) is 0 Å². The lowest BCUT2D eigenvalue weighted by atomic mass is 10.1. The van der Waals surface area contributed by atoms with Crippen LogP contribution in [0.25, 0.3) is 0 Å². The molecule has 1 aromatic rings. The summed E-state index contributed by atoms with van der Waals surface area (Å²) in [5.41, 5.74) is 2.67. The van der Waals surface area contributed by atoms with Crippen LogP contribution in [-0.2, 0) is 10.0 Å². The largest absolute Gasteiger partial charge is 0.369 e. The van der Waals surface area contributed by atoms with Crippen LogP contribution in [0.15, 0.2) is 18.2 Å². The molecule has 0 atom stereocenters. The number of benzene rings is 1. The maximum atomic E-state index is 11.4. The monoisotopic (exact) mass is 279 g/mol. The molecule has 102 valence electrons. The Hall–Kier alpha value is -1.58. The summed E-state index contributed by atoms with van der Waals surface area (Å²) in [5, 5.41) is 8.91. The highest BCUT2D eigenvalue weighted by atomic mass is 32.2. The van der Waals surface area contributed by atoms with Gasteiger partial charge in [0.15, 0.2) is 0 Å². The quantitative estimate of drug-likeness (QED) is 0.808. The van der Waals surface area contributed by atoms with Crippen molar-refractivity contribution < 1.29 is 8.42 Å². The molecule has 19 heavy (non-hydrogen) atoms. The second-order valence-corrected chi connectivity index (χ2v) is 6.74. The van der Waals surface area contributed by atoms with Crippen molar-refractivity contribution in [2.75, 3.05) is 37.3 Å². The third-order valence-electron chi connectivity index (χ3n) is 3.40. The summed E-state index contributed by atoms with van der Waals surface area (Å²) in [7, 11) is -3.09. The molecule has 0 aromatic heterocycles. The first kappa shape index (κ1) is 13.8. The summed E-state index contributed by atoms with van der Waals surface area (Å²) in [6.07, 6.45) is 1.24. The topological polar surface area (TPSA) is 64.4 Å². The van der Waals surface area contributed by atoms with E-state index in [0.717, 1.165) is 11.3 Å². The lowest BCUT2D eigenvalue weighted by Gasteiger charge is -2.34. The van der Waals surface area contributed by atoms with Gasteiger partial charge in [-0.15, -0.1) is 0 Å². The zero-order valence-corrected chi connectivity index (χ0v) is 11.9. The van der Waals surface area contributed by atoms with E-state index >= 15 is 0 Å². The average molecular weight is 279 g/mol. The van der Waals surface area contributed by atoms with Crippen LogP contribution in [0.4, 0.5) is 5.69 Å². The molecule has 0 saturated carbocycles. The van der Waals surface area contributed by atoms with E-state index in [2.05, 4.69) is 11.0 Å². The van der Waals surface area contributed by atoms with E-state index in [4.69, 9.17) is 5.26 Å². The molecule has 0 N–H and O–H groups in total. The van der Waals surface area contributed by atoms with Crippen LogP contribution in [0, 0.1) is 18.3 Å². The Balaban J connectivity index is 2.10. The van der Waals surface area contributed by atoms with Crippen molar-refractivity contribution in [2.45, 2.75) is 6.92 Å². The summed E-state index contributed by atoms with van der Waals surface area (Å²) in [5.74, 6) is 0. The van der Waals surface area contributed by atoms with Gasteiger partial charge in [0.2, 0.25) is 10.0 Å². The summed E-state index contributed by atoms with van der Waals surface area (Å²) in [6.45, 7) is 4.29. The van der Waals surface area contributed by atoms with Gasteiger partial charge in [0.05, 0.1) is 17.9 Å². The van der Waals surface area contributed by atoms with Gasteiger partial charge in [-0.3, -0.25) is 0 Å². The Labute approximate surface area is 114 Å². The first-order valence-corrected chi connectivity index (χ1v) is 7.97. The Morgan fingerprint density at radius 2 is 1.84 bits per heavy atom. The predicted molar refractivity (Wildman–Crippen MR) is 74.5 cm³/mol. The van der Waals surface area contributed by atoms with E-state index in [1.54, 1.807) is 0 Å². The fourth-order valence-electron chi connectivity index (χ4n) is 2.25. The molecule has 1 aromatic carbocycles. The molecule has 1 aliphatic heterocycles. The van der Waals surface area contributed by atoms with Crippen molar-refractivity contribution in [1.29, 1.82) is 5.26 Å². The Morgan fingerprint density at radius 3 is 2.32 bits per heavy atom. The molecule has 0 bridgehead atoms. The molecule has 1 aliphatic rings. The lowest BCUT2D eigenvalue weighted by Crippen LogP contribution is -2.48. The summed E-state index contributed by atoms with van der Waals surface area (Å²) >= 11 is 0. The number of rotatable bonds is 2. The van der Waals surface area contributed by atoms with Crippen molar-refractivity contribution in [2.24, 2.45) is 0 Å². The van der Waals surface area contributed by atoms with Crippen LogP contribution in [0.2, 0.25) is 0 Å². The first-order chi connectivity index (χ1) is 8.91. The maximum Gasteiger partial charge on any atom is 0.211 e. The molecule has 0 spiro atoms. The van der Waals surface area contributed by atoms with Crippen molar-refractivity contribution in [1.82, 2.24) is 4.31 Å². The highest BCUT2D eigenvalue weighted by Crippen LogP contribution is 2.20. The highest BCUT2D eigenvalue weighted by Gasteiger charge is 2.23. The summed E-state index contributed by atoms with van der Waals surface area (Å²) in [4.78, 5) is 2.15. The number of hydrogen-bond acceptors (Lipinski definition) is 4. The van der Waals surface area contributed by atoms with E-state index in [1.807, 2.05) is 25.1 Å². The SMILES string of the molecule is Cc1cc(N2CCN(S(C)(=O)=O)CC2)ccc1C#N. The minimum absolute atomic E-state index is 0.512. The smallest absolute Gasteiger partial charge is 0.211 e. The van der Waals surface area contributed by atoms with Gasteiger partial charge in [-0.2, -0.15) is 9.57 Å². The molecular formula is C13H17N3O2S. The second-order valence-electron chi connectivity index (χ2n) is 4.76. The minimum Gasteiger partial charge on any atom is -0.369 e. The minimum atomic E-state index is -3.09. The first-order valence-electron chi connectivity index (χ1n) is 6.12. The summed E-state index contributed by atoms with van der Waals surface area (Å²) in [6, 6.07) is 7.86. The Morgan fingerprint density at radius 1 is 1.21 bits per heavy atom. The van der Waals surface area contributed by atoms with Crippen LogP contribution < -0.4 is 4.90 Å². The molecule has 0 amide bonds. The molecule has 6 heteroatoms. The van der Waals surface area contributed by atoms with Crippen LogP contribution in [0.5, 0.6) is 0 Å². The van der Waals surface area contributed by atoms with Crippen LogP contribution >= 0.6 is 0 Å². The normalized spacial score (nSPS) is 17.2. The third kappa shape index (κ3) is 3.06. The summed E-state index contributed by atoms with van der Waals surface area (Å²) < 4.78 is 24.4. The van der Waals surface area contributed by atoms with Gasteiger partial charge in [0.25, 0.3) is 0 Å². The van der Waals surface area contributed by atoms with Gasteiger partial charge in [0.1, 0.15) is 0 Å². The number of nitrogens with zero attached hydrogens (tertiary/aromatic N) is 3. The lowest BCUT2D eigenvalue weighted by molar-refractivity contribution is 0.388. The van der Waals surface area contributed by atoms with Crippen molar-refractivity contribution in [3.8, 4) is 6.07 Å². The molecule has 0 unspecified atom stereocenters. The van der Waals surface area contributed by atoms with E-state index in [1.165, 1.54) is 10.6 Å². The fraction of sp³-hybridized carbons (Fsp3) is 0.462. The standard InChI is InChI=1S/C13H17N3O2S/c1-11-9-13(4-3-12(11)10-14)15-5-7-16(8-6-15)19(2,17)18/h3-4,9H,5-8H2,1-2H3. The number of anilines is 1. The molecule has 0 aliphatic carbocycles. The molecule has 2 rings (SSSR count). The highest BCUT2D eigenvalue weighted by molar-refractivity contribution is 7.88. The number of hydrogen-bond donors (Lipinski definition) is 0. The molecule has 1 fully saturated rings. The van der Waals surface area contributed by atoms with Gasteiger partial charge < -0.3 is 4.90 Å². The number of sulfonamides is 1. The average Bonchev–Trinajstić information content (AvgIpc) is 2.38. The van der Waals surface area contributed by atoms with E-state index in [0.29, 0.717) is 31.7 Å². The molecule has 5 nitrogen and oxygen atoms in total. The molecule has 0 radical (unpaired) electrons. The van der Waals surface area contributed by atoms with Gasteiger partial charge in [0, 0.05) is 31.9 Å². The second kappa shape index (κ2) is 5.19. The molecule has 1 saturated heterocycles. The van der Waals surface area contributed by atoms with E-state index < -0.39 is 10.0 Å². The predicted octanol–water partition coefficient (Wildman–Crippen LogP) is 0.948. The Kier molecular flexibility index (Phi) is 3.78. The van der Waals surface area contributed by atoms with Crippen molar-refractivity contribution in [3.05, 3.63) is 29.3 Å². The number of piperazine rings is 1. The van der Waals surface area contributed by atoms with Gasteiger partial charge in [-0.05, 0) is 30.7 Å². The van der Waals surface area contributed by atoms with Crippen LogP contribution in [-0.4, -0.2) is 45.2 Å². The zero-order chi connectivity index (χ0) is 14.0. The Bertz CT molecular complexity index is 611.